The van der Waals surface area contributed by atoms with Crippen molar-refractivity contribution in [1.82, 2.24) is 14.9 Å². The number of hydrogen-bond acceptors (Lipinski definition) is 4. The van der Waals surface area contributed by atoms with E-state index in [-0.39, 0.29) is 34.2 Å². The number of rotatable bonds is 3. The molecule has 0 bridgehead atoms. The number of likely N-dealkylation sites (N-methyl/N-ethyl adjacent to an activating group) is 1. The minimum atomic E-state index is -0.515. The van der Waals surface area contributed by atoms with E-state index in [1.807, 2.05) is 19.0 Å². The molecule has 1 saturated heterocycles. The molecule has 0 radical (unpaired) electrons. The van der Waals surface area contributed by atoms with Crippen molar-refractivity contribution < 1.29 is 8.78 Å². The molecule has 0 unspecified atom stereocenters. The Morgan fingerprint density at radius 2 is 1.85 bits per heavy atom. The largest absolute Gasteiger partial charge is 0.340 e. The van der Waals surface area contributed by atoms with Gasteiger partial charge in [-0.15, -0.1) is 0 Å². The van der Waals surface area contributed by atoms with Crippen LogP contribution in [0.25, 0.3) is 10.9 Å². The molecule has 1 aromatic heterocycles. The Labute approximate surface area is 155 Å². The van der Waals surface area contributed by atoms with Crippen LogP contribution in [0.3, 0.4) is 0 Å². The van der Waals surface area contributed by atoms with Crippen LogP contribution in [0, 0.1) is 11.6 Å². The average Bonchev–Trinajstić information content (AvgIpc) is 3.09. The maximum atomic E-state index is 14.1. The first kappa shape index (κ1) is 17.6. The Bertz CT molecular complexity index is 1030. The molecule has 1 fully saturated rings. The fraction of sp³-hybridized carbons (Fsp3) is 0.300. The average molecular weight is 370 g/mol. The number of aromatic amines is 1. The molecule has 27 heavy (non-hydrogen) atoms. The van der Waals surface area contributed by atoms with Crippen LogP contribution in [-0.2, 0) is 0 Å². The summed E-state index contributed by atoms with van der Waals surface area (Å²) < 4.78 is 27.4. The summed E-state index contributed by atoms with van der Waals surface area (Å²) in [5.41, 5.74) is 0.732. The van der Waals surface area contributed by atoms with Gasteiger partial charge in [0.25, 0.3) is 5.56 Å². The summed E-state index contributed by atoms with van der Waals surface area (Å²) in [4.78, 5) is 23.6. The van der Waals surface area contributed by atoms with E-state index in [2.05, 4.69) is 14.9 Å². The second-order valence-corrected chi connectivity index (χ2v) is 7.12. The van der Waals surface area contributed by atoms with Gasteiger partial charge in [0.1, 0.15) is 17.2 Å². The van der Waals surface area contributed by atoms with Gasteiger partial charge in [-0.1, -0.05) is 18.2 Å². The molecule has 2 heterocycles. The molecule has 0 saturated carbocycles. The van der Waals surface area contributed by atoms with Crippen molar-refractivity contribution in [2.45, 2.75) is 12.0 Å². The van der Waals surface area contributed by atoms with Gasteiger partial charge < -0.3 is 9.80 Å². The number of nitrogens with zero attached hydrogens (tertiary/aromatic N) is 3. The van der Waals surface area contributed by atoms with E-state index in [0.29, 0.717) is 19.0 Å². The SMILES string of the molecule is CN(C)[C@@H]1CN(c2nc3c(F)cccc3c(=O)[nH]2)C[C@H]1c1ccc(F)cc1. The quantitative estimate of drug-likeness (QED) is 0.770. The highest BCUT2D eigenvalue weighted by Gasteiger charge is 2.36. The zero-order chi connectivity index (χ0) is 19.1. The predicted molar refractivity (Wildman–Crippen MR) is 101 cm³/mol. The number of hydrogen-bond donors (Lipinski definition) is 1. The molecule has 0 amide bonds. The molecular formula is C20H20F2N4O. The Morgan fingerprint density at radius 1 is 1.11 bits per heavy atom. The van der Waals surface area contributed by atoms with E-state index < -0.39 is 5.82 Å². The zero-order valence-electron chi connectivity index (χ0n) is 15.1. The number of nitrogens with one attached hydrogen (secondary N) is 1. The lowest BCUT2D eigenvalue weighted by atomic mass is 9.94. The van der Waals surface area contributed by atoms with Crippen molar-refractivity contribution in [2.24, 2.45) is 0 Å². The topological polar surface area (TPSA) is 52.2 Å². The molecule has 7 heteroatoms. The number of para-hydroxylation sites is 1. The van der Waals surface area contributed by atoms with Crippen LogP contribution in [0.5, 0.6) is 0 Å². The third kappa shape index (κ3) is 3.19. The van der Waals surface area contributed by atoms with Gasteiger partial charge in [-0.05, 0) is 43.9 Å². The number of aromatic nitrogens is 2. The van der Waals surface area contributed by atoms with Crippen LogP contribution in [0.1, 0.15) is 11.5 Å². The smallest absolute Gasteiger partial charge is 0.260 e. The van der Waals surface area contributed by atoms with Gasteiger partial charge in [0.05, 0.1) is 5.39 Å². The Hall–Kier alpha value is -2.80. The molecule has 4 rings (SSSR count). The first-order chi connectivity index (χ1) is 12.9. The van der Waals surface area contributed by atoms with Gasteiger partial charge in [0, 0.05) is 25.0 Å². The van der Waals surface area contributed by atoms with Crippen LogP contribution >= 0.6 is 0 Å². The van der Waals surface area contributed by atoms with Crippen molar-refractivity contribution in [3.63, 3.8) is 0 Å². The molecule has 1 N–H and O–H groups in total. The number of anilines is 1. The molecule has 140 valence electrons. The van der Waals surface area contributed by atoms with E-state index in [1.54, 1.807) is 18.2 Å². The second-order valence-electron chi connectivity index (χ2n) is 7.12. The summed E-state index contributed by atoms with van der Waals surface area (Å²) in [7, 11) is 3.97. The zero-order valence-corrected chi connectivity index (χ0v) is 15.1. The third-order valence-corrected chi connectivity index (χ3v) is 5.22. The summed E-state index contributed by atoms with van der Waals surface area (Å²) in [5, 5.41) is 0.234. The third-order valence-electron chi connectivity index (χ3n) is 5.22. The van der Waals surface area contributed by atoms with E-state index in [1.165, 1.54) is 24.3 Å². The fourth-order valence-electron chi connectivity index (χ4n) is 3.79. The van der Waals surface area contributed by atoms with Crippen LogP contribution in [0.2, 0.25) is 0 Å². The summed E-state index contributed by atoms with van der Waals surface area (Å²) in [5.74, 6) is -0.319. The number of benzene rings is 2. The molecule has 2 atom stereocenters. The van der Waals surface area contributed by atoms with E-state index in [4.69, 9.17) is 0 Å². The van der Waals surface area contributed by atoms with Crippen LogP contribution in [0.4, 0.5) is 14.7 Å². The molecular weight excluding hydrogens is 350 g/mol. The van der Waals surface area contributed by atoms with E-state index in [9.17, 15) is 13.6 Å². The molecule has 1 aliphatic rings. The lowest BCUT2D eigenvalue weighted by molar-refractivity contribution is 0.292. The lowest BCUT2D eigenvalue weighted by Crippen LogP contribution is -2.35. The standard InChI is InChI=1S/C20H20F2N4O/c1-25(2)17-11-26(10-15(17)12-6-8-13(21)9-7-12)20-23-18-14(19(27)24-20)4-3-5-16(18)22/h3-9,15,17H,10-11H2,1-2H3,(H,23,24,27)/t15-,17+/m0/s1. The summed E-state index contributed by atoms with van der Waals surface area (Å²) in [6.07, 6.45) is 0. The first-order valence-corrected chi connectivity index (χ1v) is 8.79. The molecule has 3 aromatic rings. The highest BCUT2D eigenvalue weighted by Crippen LogP contribution is 2.32. The maximum Gasteiger partial charge on any atom is 0.260 e. The van der Waals surface area contributed by atoms with Gasteiger partial charge in [-0.25, -0.2) is 13.8 Å². The van der Waals surface area contributed by atoms with Gasteiger partial charge in [-0.3, -0.25) is 9.78 Å². The first-order valence-electron chi connectivity index (χ1n) is 8.79. The van der Waals surface area contributed by atoms with Crippen LogP contribution < -0.4 is 10.5 Å². The maximum absolute atomic E-state index is 14.1. The second kappa shape index (κ2) is 6.74. The fourth-order valence-corrected chi connectivity index (χ4v) is 3.79. The van der Waals surface area contributed by atoms with Crippen molar-refractivity contribution in [3.8, 4) is 0 Å². The van der Waals surface area contributed by atoms with Crippen LogP contribution in [0.15, 0.2) is 47.3 Å². The minimum Gasteiger partial charge on any atom is -0.340 e. The monoisotopic (exact) mass is 370 g/mol. The molecule has 5 nitrogen and oxygen atoms in total. The highest BCUT2D eigenvalue weighted by atomic mass is 19.1. The number of halogens is 2. The minimum absolute atomic E-state index is 0.0721. The van der Waals surface area contributed by atoms with E-state index >= 15 is 0 Å². The molecule has 0 spiro atoms. The Morgan fingerprint density at radius 3 is 2.56 bits per heavy atom. The van der Waals surface area contributed by atoms with Gasteiger partial charge >= 0.3 is 0 Å². The predicted octanol–water partition coefficient (Wildman–Crippen LogP) is 2.74. The summed E-state index contributed by atoms with van der Waals surface area (Å²) in [6, 6.07) is 11.0. The van der Waals surface area contributed by atoms with Gasteiger partial charge in [0.15, 0.2) is 0 Å². The van der Waals surface area contributed by atoms with Crippen LogP contribution in [-0.4, -0.2) is 48.1 Å². The summed E-state index contributed by atoms with van der Waals surface area (Å²) >= 11 is 0. The Balaban J connectivity index is 1.73. The molecule has 2 aromatic carbocycles. The molecule has 1 aliphatic heterocycles. The highest BCUT2D eigenvalue weighted by molar-refractivity contribution is 5.79. The van der Waals surface area contributed by atoms with Crippen molar-refractivity contribution in [3.05, 3.63) is 70.0 Å². The number of fused-ring (bicyclic) bond motifs is 1. The Kier molecular flexibility index (Phi) is 4.39. The normalized spacial score (nSPS) is 20.0. The van der Waals surface area contributed by atoms with Crippen molar-refractivity contribution in [2.75, 3.05) is 32.1 Å². The lowest BCUT2D eigenvalue weighted by Gasteiger charge is -2.25. The van der Waals surface area contributed by atoms with E-state index in [0.717, 1.165) is 5.56 Å². The number of H-pyrrole nitrogens is 1. The van der Waals surface area contributed by atoms with Crippen molar-refractivity contribution >= 4 is 16.9 Å². The van der Waals surface area contributed by atoms with Crippen molar-refractivity contribution in [1.29, 1.82) is 0 Å². The molecule has 0 aliphatic carbocycles. The van der Waals surface area contributed by atoms with Gasteiger partial charge in [-0.2, -0.15) is 0 Å². The summed E-state index contributed by atoms with van der Waals surface area (Å²) in [6.45, 7) is 1.22. The van der Waals surface area contributed by atoms with Gasteiger partial charge in [0.2, 0.25) is 5.95 Å².